The number of nitrogens with two attached hydrogens (primary N) is 1. The number of methoxy groups -OCH3 is 2. The van der Waals surface area contributed by atoms with Crippen LogP contribution in [-0.4, -0.2) is 50.2 Å². The molecule has 0 atom stereocenters. The van der Waals surface area contributed by atoms with Gasteiger partial charge in [-0.25, -0.2) is 0 Å². The van der Waals surface area contributed by atoms with Crippen molar-refractivity contribution >= 4 is 5.69 Å². The number of nitrogen functional groups attached to an aromatic ring is 1. The minimum absolute atomic E-state index is 0.836. The molecule has 0 aromatic heterocycles. The molecule has 134 valence electrons. The van der Waals surface area contributed by atoms with Crippen molar-refractivity contribution in [3.8, 4) is 11.5 Å². The number of anilines is 1. The third-order valence-corrected chi connectivity index (χ3v) is 4.64. The summed E-state index contributed by atoms with van der Waals surface area (Å²) in [6.07, 6.45) is 0. The number of piperazine rings is 1. The zero-order chi connectivity index (χ0) is 17.6. The summed E-state index contributed by atoms with van der Waals surface area (Å²) in [6.45, 7) is 6.13. The Morgan fingerprint density at radius 2 is 1.36 bits per heavy atom. The van der Waals surface area contributed by atoms with E-state index in [1.54, 1.807) is 14.2 Å². The standard InChI is InChI=1S/C20H27N3O2/c1-24-19-11-17(12-20(13-19)25-2)15-23-8-6-22(7-9-23)14-16-4-3-5-18(21)10-16/h3-5,10-13H,6-9,14-15,21H2,1-2H3. The van der Waals surface area contributed by atoms with Crippen LogP contribution in [0.3, 0.4) is 0 Å². The molecule has 0 amide bonds. The molecule has 1 heterocycles. The molecule has 0 aliphatic carbocycles. The second-order valence-corrected chi connectivity index (χ2v) is 6.52. The fraction of sp³-hybridized carbons (Fsp3) is 0.400. The molecule has 5 heteroatoms. The molecular weight excluding hydrogens is 314 g/mol. The molecule has 3 rings (SSSR count). The topological polar surface area (TPSA) is 51.0 Å². The number of rotatable bonds is 6. The molecule has 1 saturated heterocycles. The van der Waals surface area contributed by atoms with Crippen LogP contribution in [0.25, 0.3) is 0 Å². The minimum Gasteiger partial charge on any atom is -0.497 e. The third kappa shape index (κ3) is 4.87. The summed E-state index contributed by atoms with van der Waals surface area (Å²) >= 11 is 0. The van der Waals surface area contributed by atoms with Gasteiger partial charge in [0.1, 0.15) is 11.5 Å². The van der Waals surface area contributed by atoms with Crippen LogP contribution in [0.4, 0.5) is 5.69 Å². The molecule has 2 N–H and O–H groups in total. The molecule has 0 radical (unpaired) electrons. The predicted octanol–water partition coefficient (Wildman–Crippen LogP) is 2.60. The molecular formula is C20H27N3O2. The van der Waals surface area contributed by atoms with Gasteiger partial charge in [0.15, 0.2) is 0 Å². The van der Waals surface area contributed by atoms with Gasteiger partial charge in [0.25, 0.3) is 0 Å². The number of ether oxygens (including phenoxy) is 2. The van der Waals surface area contributed by atoms with E-state index in [-0.39, 0.29) is 0 Å². The van der Waals surface area contributed by atoms with E-state index in [9.17, 15) is 0 Å². The SMILES string of the molecule is COc1cc(CN2CCN(Cc3cccc(N)c3)CC2)cc(OC)c1. The maximum absolute atomic E-state index is 5.87. The van der Waals surface area contributed by atoms with Crippen LogP contribution in [0.2, 0.25) is 0 Å². The Morgan fingerprint density at radius 3 is 1.88 bits per heavy atom. The number of hydrogen-bond donors (Lipinski definition) is 1. The lowest BCUT2D eigenvalue weighted by Gasteiger charge is -2.34. The Balaban J connectivity index is 1.54. The predicted molar refractivity (Wildman–Crippen MR) is 101 cm³/mol. The zero-order valence-electron chi connectivity index (χ0n) is 15.1. The molecule has 0 unspecified atom stereocenters. The smallest absolute Gasteiger partial charge is 0.122 e. The number of nitrogens with zero attached hydrogens (tertiary/aromatic N) is 2. The fourth-order valence-electron chi connectivity index (χ4n) is 3.27. The van der Waals surface area contributed by atoms with Crippen LogP contribution in [0.15, 0.2) is 42.5 Å². The lowest BCUT2D eigenvalue weighted by Crippen LogP contribution is -2.45. The maximum atomic E-state index is 5.87. The maximum Gasteiger partial charge on any atom is 0.122 e. The second-order valence-electron chi connectivity index (χ2n) is 6.52. The molecule has 1 aliphatic rings. The van der Waals surface area contributed by atoms with Crippen molar-refractivity contribution in [2.75, 3.05) is 46.1 Å². The van der Waals surface area contributed by atoms with Crippen molar-refractivity contribution in [1.82, 2.24) is 9.80 Å². The summed E-state index contributed by atoms with van der Waals surface area (Å²) in [7, 11) is 3.38. The summed E-state index contributed by atoms with van der Waals surface area (Å²) in [5.41, 5.74) is 9.21. The minimum atomic E-state index is 0.836. The average Bonchev–Trinajstić information content (AvgIpc) is 2.63. The van der Waals surface area contributed by atoms with Crippen molar-refractivity contribution in [2.45, 2.75) is 13.1 Å². The van der Waals surface area contributed by atoms with E-state index in [0.29, 0.717) is 0 Å². The molecule has 25 heavy (non-hydrogen) atoms. The second kappa shape index (κ2) is 8.23. The summed E-state index contributed by atoms with van der Waals surface area (Å²) in [5, 5.41) is 0. The highest BCUT2D eigenvalue weighted by Crippen LogP contribution is 2.24. The van der Waals surface area contributed by atoms with Crippen LogP contribution < -0.4 is 15.2 Å². The zero-order valence-corrected chi connectivity index (χ0v) is 15.1. The number of hydrogen-bond acceptors (Lipinski definition) is 5. The molecule has 5 nitrogen and oxygen atoms in total. The lowest BCUT2D eigenvalue weighted by molar-refractivity contribution is 0.122. The van der Waals surface area contributed by atoms with Gasteiger partial charge in [-0.3, -0.25) is 9.80 Å². The van der Waals surface area contributed by atoms with E-state index < -0.39 is 0 Å². The van der Waals surface area contributed by atoms with E-state index in [1.165, 1.54) is 11.1 Å². The molecule has 1 aliphatic heterocycles. The van der Waals surface area contributed by atoms with Crippen molar-refractivity contribution < 1.29 is 9.47 Å². The monoisotopic (exact) mass is 341 g/mol. The summed E-state index contributed by atoms with van der Waals surface area (Å²) < 4.78 is 10.7. The molecule has 1 fully saturated rings. The van der Waals surface area contributed by atoms with Gasteiger partial charge in [0.05, 0.1) is 14.2 Å². The number of benzene rings is 2. The first-order chi connectivity index (χ1) is 12.2. The summed E-state index contributed by atoms with van der Waals surface area (Å²) in [5.74, 6) is 1.68. The fourth-order valence-corrected chi connectivity index (χ4v) is 3.27. The quantitative estimate of drug-likeness (QED) is 0.819. The first kappa shape index (κ1) is 17.6. The summed E-state index contributed by atoms with van der Waals surface area (Å²) in [6, 6.07) is 14.2. The Morgan fingerprint density at radius 1 is 0.800 bits per heavy atom. The highest BCUT2D eigenvalue weighted by molar-refractivity contribution is 5.40. The normalized spacial score (nSPS) is 15.9. The van der Waals surface area contributed by atoms with Crippen molar-refractivity contribution in [1.29, 1.82) is 0 Å². The van der Waals surface area contributed by atoms with Gasteiger partial charge in [-0.1, -0.05) is 12.1 Å². The molecule has 2 aromatic carbocycles. The van der Waals surface area contributed by atoms with Gasteiger partial charge in [0, 0.05) is 51.0 Å². The third-order valence-electron chi connectivity index (χ3n) is 4.64. The first-order valence-electron chi connectivity index (χ1n) is 8.67. The lowest BCUT2D eigenvalue weighted by atomic mass is 10.1. The van der Waals surface area contributed by atoms with Crippen LogP contribution in [0.1, 0.15) is 11.1 Å². The molecule has 0 saturated carbocycles. The molecule has 0 bridgehead atoms. The molecule has 2 aromatic rings. The van der Waals surface area contributed by atoms with Crippen molar-refractivity contribution in [3.63, 3.8) is 0 Å². The first-order valence-corrected chi connectivity index (χ1v) is 8.67. The summed E-state index contributed by atoms with van der Waals surface area (Å²) in [4.78, 5) is 4.96. The van der Waals surface area contributed by atoms with Gasteiger partial charge in [-0.2, -0.15) is 0 Å². The van der Waals surface area contributed by atoms with Crippen molar-refractivity contribution in [3.05, 3.63) is 53.6 Å². The van der Waals surface area contributed by atoms with E-state index >= 15 is 0 Å². The van der Waals surface area contributed by atoms with Gasteiger partial charge in [-0.05, 0) is 35.4 Å². The Kier molecular flexibility index (Phi) is 5.79. The van der Waals surface area contributed by atoms with Crippen molar-refractivity contribution in [2.24, 2.45) is 0 Å². The van der Waals surface area contributed by atoms with Gasteiger partial charge in [0.2, 0.25) is 0 Å². The van der Waals surface area contributed by atoms with E-state index in [2.05, 4.69) is 34.1 Å². The Labute approximate surface area is 149 Å². The van der Waals surface area contributed by atoms with E-state index in [1.807, 2.05) is 18.2 Å². The largest absolute Gasteiger partial charge is 0.497 e. The van der Waals surface area contributed by atoms with Gasteiger partial charge < -0.3 is 15.2 Å². The average molecular weight is 341 g/mol. The highest BCUT2D eigenvalue weighted by Gasteiger charge is 2.17. The van der Waals surface area contributed by atoms with Crippen LogP contribution >= 0.6 is 0 Å². The Bertz CT molecular complexity index is 675. The van der Waals surface area contributed by atoms with Crippen LogP contribution in [-0.2, 0) is 13.1 Å². The van der Waals surface area contributed by atoms with Gasteiger partial charge in [-0.15, -0.1) is 0 Å². The highest BCUT2D eigenvalue weighted by atomic mass is 16.5. The van der Waals surface area contributed by atoms with E-state index in [4.69, 9.17) is 15.2 Å². The Hall–Kier alpha value is -2.24. The van der Waals surface area contributed by atoms with Gasteiger partial charge >= 0.3 is 0 Å². The van der Waals surface area contributed by atoms with Crippen LogP contribution in [0, 0.1) is 0 Å². The molecule has 0 spiro atoms. The van der Waals surface area contributed by atoms with Crippen LogP contribution in [0.5, 0.6) is 11.5 Å². The van der Waals surface area contributed by atoms with E-state index in [0.717, 1.165) is 56.5 Å².